The molecule has 0 atom stereocenters. The molecule has 0 bridgehead atoms. The average Bonchev–Trinajstić information content (AvgIpc) is 2.83. The predicted molar refractivity (Wildman–Crippen MR) is 142 cm³/mol. The summed E-state index contributed by atoms with van der Waals surface area (Å²) in [6, 6.07) is 15.8. The number of nitrogens with one attached hydrogen (secondary N) is 1. The van der Waals surface area contributed by atoms with Gasteiger partial charge in [0.05, 0.1) is 16.2 Å². The molecule has 9 nitrogen and oxygen atoms in total. The van der Waals surface area contributed by atoms with E-state index in [1.165, 1.54) is 17.0 Å². The van der Waals surface area contributed by atoms with E-state index in [1.807, 2.05) is 58.0 Å². The van der Waals surface area contributed by atoms with E-state index in [9.17, 15) is 23.2 Å². The summed E-state index contributed by atoms with van der Waals surface area (Å²) in [6.07, 6.45) is 0.271. The van der Waals surface area contributed by atoms with Crippen LogP contribution in [0.3, 0.4) is 0 Å². The molecule has 4 rings (SSSR count). The van der Waals surface area contributed by atoms with Crippen molar-refractivity contribution >= 4 is 32.6 Å². The molecule has 0 unspecified atom stereocenters. The lowest BCUT2D eigenvalue weighted by Gasteiger charge is -2.48. The van der Waals surface area contributed by atoms with Crippen LogP contribution in [0.4, 0.5) is 0 Å². The number of para-hydroxylation sites is 1. The summed E-state index contributed by atoms with van der Waals surface area (Å²) in [4.78, 5) is 31.0. The Hall–Kier alpha value is -3.50. The summed E-state index contributed by atoms with van der Waals surface area (Å²) < 4.78 is 32.4. The van der Waals surface area contributed by atoms with Gasteiger partial charge in [0, 0.05) is 36.2 Å². The zero-order valence-corrected chi connectivity index (χ0v) is 22.8. The summed E-state index contributed by atoms with van der Waals surface area (Å²) in [5.41, 5.74) is 2.64. The largest absolute Gasteiger partial charge is 0.489 e. The topological polar surface area (TPSA) is 126 Å². The van der Waals surface area contributed by atoms with E-state index in [0.29, 0.717) is 5.75 Å². The number of aryl methyl sites for hydroxylation is 1. The molecule has 0 spiro atoms. The lowest BCUT2D eigenvalue weighted by Crippen LogP contribution is -2.67. The van der Waals surface area contributed by atoms with E-state index < -0.39 is 26.9 Å². The van der Waals surface area contributed by atoms with Crippen LogP contribution in [-0.2, 0) is 26.0 Å². The number of pyridine rings is 1. The number of hydrogen-bond donors (Lipinski definition) is 2. The molecule has 1 aliphatic rings. The third kappa shape index (κ3) is 5.97. The zero-order valence-electron chi connectivity index (χ0n) is 22.0. The molecular weight excluding hydrogens is 506 g/mol. The molecule has 3 aromatic rings. The van der Waals surface area contributed by atoms with Gasteiger partial charge < -0.3 is 9.64 Å². The molecule has 2 N–H and O–H groups in total. The van der Waals surface area contributed by atoms with Gasteiger partial charge in [0.25, 0.3) is 5.91 Å². The van der Waals surface area contributed by atoms with Gasteiger partial charge in [-0.05, 0) is 48.7 Å². The number of sulfone groups is 1. The van der Waals surface area contributed by atoms with Crippen molar-refractivity contribution in [1.29, 1.82) is 0 Å². The third-order valence-electron chi connectivity index (χ3n) is 6.58. The first-order chi connectivity index (χ1) is 17.8. The highest BCUT2D eigenvalue weighted by Gasteiger charge is 2.53. The molecule has 1 fully saturated rings. The lowest BCUT2D eigenvalue weighted by atomic mass is 9.79. The van der Waals surface area contributed by atoms with Gasteiger partial charge in [-0.1, -0.05) is 39.0 Å². The highest BCUT2D eigenvalue weighted by atomic mass is 32.2. The number of amides is 2. The maximum absolute atomic E-state index is 13.2. The van der Waals surface area contributed by atoms with Crippen molar-refractivity contribution in [3.05, 3.63) is 65.9 Å². The van der Waals surface area contributed by atoms with Crippen LogP contribution in [0.15, 0.2) is 59.5 Å². The van der Waals surface area contributed by atoms with Crippen LogP contribution < -0.4 is 10.2 Å². The Labute approximate surface area is 222 Å². The summed E-state index contributed by atoms with van der Waals surface area (Å²) >= 11 is 0. The minimum absolute atomic E-state index is 0.0274. The molecular formula is C28H33N3O6S. The molecule has 0 saturated carbocycles. The number of carbonyl (C=O) groups is 2. The van der Waals surface area contributed by atoms with Crippen molar-refractivity contribution in [2.45, 2.75) is 45.6 Å². The van der Waals surface area contributed by atoms with Crippen LogP contribution in [0.1, 0.15) is 38.4 Å². The first-order valence-electron chi connectivity index (χ1n) is 12.4. The highest BCUT2D eigenvalue weighted by Crippen LogP contribution is 2.36. The van der Waals surface area contributed by atoms with Crippen molar-refractivity contribution in [3.63, 3.8) is 0 Å². The van der Waals surface area contributed by atoms with Crippen molar-refractivity contribution in [1.82, 2.24) is 15.4 Å². The molecule has 2 heterocycles. The Balaban J connectivity index is 1.45. The molecule has 10 heteroatoms. The fourth-order valence-electron chi connectivity index (χ4n) is 4.71. The monoisotopic (exact) mass is 539 g/mol. The molecule has 1 aromatic heterocycles. The number of rotatable bonds is 8. The van der Waals surface area contributed by atoms with Gasteiger partial charge >= 0.3 is 0 Å². The van der Waals surface area contributed by atoms with Gasteiger partial charge in [-0.3, -0.25) is 19.8 Å². The highest BCUT2D eigenvalue weighted by molar-refractivity contribution is 7.91. The second kappa shape index (κ2) is 10.3. The zero-order chi connectivity index (χ0) is 27.7. The number of likely N-dealkylation sites (tertiary alicyclic amines) is 1. The number of benzene rings is 2. The third-order valence-corrected chi connectivity index (χ3v) is 8.50. The van der Waals surface area contributed by atoms with Gasteiger partial charge in [-0.15, -0.1) is 0 Å². The predicted octanol–water partition coefficient (Wildman–Crippen LogP) is 3.67. The van der Waals surface area contributed by atoms with Crippen molar-refractivity contribution in [3.8, 4) is 5.75 Å². The molecule has 1 aliphatic heterocycles. The first-order valence-corrected chi connectivity index (χ1v) is 14.0. The molecule has 0 radical (unpaired) electrons. The Morgan fingerprint density at radius 2 is 1.76 bits per heavy atom. The van der Waals surface area contributed by atoms with Gasteiger partial charge in [0.2, 0.25) is 5.91 Å². The van der Waals surface area contributed by atoms with Crippen LogP contribution in [0.2, 0.25) is 0 Å². The molecule has 1 saturated heterocycles. The SMILES string of the molecule is Cc1cc(COc2ccc(S(=O)(=O)CC3(C(=O)NO)CN(C(=O)CC(C)(C)C)C3)cc2)c2ccccc2n1. The number of ether oxygens (including phenoxy) is 1. The summed E-state index contributed by atoms with van der Waals surface area (Å²) in [5, 5.41) is 10.3. The smallest absolute Gasteiger partial charge is 0.254 e. The quantitative estimate of drug-likeness (QED) is 0.330. The number of hydrogen-bond acceptors (Lipinski definition) is 7. The van der Waals surface area contributed by atoms with Gasteiger partial charge in [0.15, 0.2) is 9.84 Å². The number of aromatic nitrogens is 1. The second-order valence-electron chi connectivity index (χ2n) is 11.2. The minimum atomic E-state index is -3.91. The van der Waals surface area contributed by atoms with Crippen LogP contribution in [0.25, 0.3) is 10.9 Å². The van der Waals surface area contributed by atoms with Crippen LogP contribution in [-0.4, -0.2) is 54.2 Å². The van der Waals surface area contributed by atoms with E-state index in [4.69, 9.17) is 4.74 Å². The van der Waals surface area contributed by atoms with Crippen LogP contribution in [0.5, 0.6) is 5.75 Å². The Bertz CT molecular complexity index is 1460. The fraction of sp³-hybridized carbons (Fsp3) is 0.393. The molecule has 202 valence electrons. The summed E-state index contributed by atoms with van der Waals surface area (Å²) in [6.45, 7) is 7.83. The van der Waals surface area contributed by atoms with Crippen LogP contribution >= 0.6 is 0 Å². The van der Waals surface area contributed by atoms with Crippen molar-refractivity contribution < 1.29 is 28.0 Å². The number of nitrogens with zero attached hydrogens (tertiary/aromatic N) is 2. The van der Waals surface area contributed by atoms with E-state index in [1.54, 1.807) is 17.6 Å². The van der Waals surface area contributed by atoms with E-state index in [2.05, 4.69) is 4.98 Å². The maximum atomic E-state index is 13.2. The second-order valence-corrected chi connectivity index (χ2v) is 13.2. The molecule has 2 aromatic carbocycles. The first kappa shape index (κ1) is 27.5. The Kier molecular flexibility index (Phi) is 7.49. The normalized spacial score (nSPS) is 15.1. The molecule has 0 aliphatic carbocycles. The van der Waals surface area contributed by atoms with Gasteiger partial charge in [-0.25, -0.2) is 13.9 Å². The summed E-state index contributed by atoms with van der Waals surface area (Å²) in [5.74, 6) is -1.02. The molecule has 38 heavy (non-hydrogen) atoms. The minimum Gasteiger partial charge on any atom is -0.489 e. The van der Waals surface area contributed by atoms with Crippen molar-refractivity contribution in [2.75, 3.05) is 18.8 Å². The lowest BCUT2D eigenvalue weighted by molar-refractivity contribution is -0.157. The number of hydroxylamine groups is 1. The van der Waals surface area contributed by atoms with E-state index >= 15 is 0 Å². The van der Waals surface area contributed by atoms with Crippen molar-refractivity contribution in [2.24, 2.45) is 10.8 Å². The standard InChI is InChI=1S/C28H33N3O6S/c1-19-13-20(23-7-5-6-8-24(23)29-19)15-37-21-9-11-22(12-10-21)38(35,36)18-28(26(33)30-34)16-31(17-28)25(32)14-27(2,3)4/h5-13,34H,14-18H2,1-4H3,(H,30,33). The maximum Gasteiger partial charge on any atom is 0.254 e. The van der Waals surface area contributed by atoms with E-state index in [-0.39, 0.29) is 42.3 Å². The fourth-order valence-corrected chi connectivity index (χ4v) is 6.47. The van der Waals surface area contributed by atoms with Gasteiger partial charge in [0.1, 0.15) is 17.8 Å². The number of fused-ring (bicyclic) bond motifs is 1. The Morgan fingerprint density at radius 1 is 1.11 bits per heavy atom. The number of carbonyl (C=O) groups excluding carboxylic acids is 2. The Morgan fingerprint density at radius 3 is 2.39 bits per heavy atom. The molecule has 2 amide bonds. The van der Waals surface area contributed by atoms with Gasteiger partial charge in [-0.2, -0.15) is 0 Å². The summed E-state index contributed by atoms with van der Waals surface area (Å²) in [7, 11) is -3.91. The average molecular weight is 540 g/mol. The van der Waals surface area contributed by atoms with Crippen LogP contribution in [0, 0.1) is 17.8 Å². The van der Waals surface area contributed by atoms with E-state index in [0.717, 1.165) is 22.2 Å².